The van der Waals surface area contributed by atoms with Gasteiger partial charge in [0.1, 0.15) is 18.1 Å². The fourth-order valence-electron chi connectivity index (χ4n) is 2.96. The van der Waals surface area contributed by atoms with E-state index in [0.717, 1.165) is 5.56 Å². The van der Waals surface area contributed by atoms with Crippen molar-refractivity contribution >= 4 is 11.7 Å². The molecule has 0 unspecified atom stereocenters. The minimum absolute atomic E-state index is 0.127. The Morgan fingerprint density at radius 2 is 1.50 bits per heavy atom. The van der Waals surface area contributed by atoms with Crippen molar-refractivity contribution < 1.29 is 19.1 Å². The van der Waals surface area contributed by atoms with E-state index in [-0.39, 0.29) is 11.7 Å². The maximum absolute atomic E-state index is 11.6. The number of rotatable bonds is 4. The van der Waals surface area contributed by atoms with Crippen LogP contribution in [-0.2, 0) is 6.61 Å². The third kappa shape index (κ3) is 7.91. The lowest BCUT2D eigenvalue weighted by atomic mass is 10.1. The van der Waals surface area contributed by atoms with Crippen LogP contribution in [0, 0.1) is 0 Å². The normalized spacial score (nSPS) is 11.4. The van der Waals surface area contributed by atoms with Crippen molar-refractivity contribution in [2.75, 3.05) is 6.61 Å². The Labute approximate surface area is 199 Å². The van der Waals surface area contributed by atoms with Crippen molar-refractivity contribution in [2.24, 2.45) is 5.73 Å². The summed E-state index contributed by atoms with van der Waals surface area (Å²) in [6, 6.07) is 29.9. The predicted molar refractivity (Wildman–Crippen MR) is 131 cm³/mol. The molecule has 172 valence electrons. The van der Waals surface area contributed by atoms with Gasteiger partial charge in [0, 0.05) is 30.4 Å². The highest BCUT2D eigenvalue weighted by molar-refractivity contribution is 5.99. The van der Waals surface area contributed by atoms with Gasteiger partial charge in [-0.3, -0.25) is 14.6 Å². The molecule has 5 rings (SSSR count). The highest BCUT2D eigenvalue weighted by atomic mass is 16.5. The maximum Gasteiger partial charge on any atom is 0.248 e. The number of carbonyl (C=O) groups excluding carboxylic acids is 2. The standard InChI is InChI=1S/C15H13NO3.C7H7NO.C6H6/c17-14-5-8-18-15-9-12(1-2-13(14)15)19-10-11-3-6-16-7-4-11;8-7(9)6-4-2-1-3-5-6;1-2-4-6-5-3-1/h1-4,6-7,9H,5,8,10H2;1-5H,(H2,8,9);1-6H. The monoisotopic (exact) mass is 454 g/mol. The second kappa shape index (κ2) is 13.2. The number of hydrogen-bond acceptors (Lipinski definition) is 5. The highest BCUT2D eigenvalue weighted by Crippen LogP contribution is 2.29. The molecule has 34 heavy (non-hydrogen) atoms. The summed E-state index contributed by atoms with van der Waals surface area (Å²) < 4.78 is 11.2. The number of amides is 1. The lowest BCUT2D eigenvalue weighted by Gasteiger charge is -2.17. The Morgan fingerprint density at radius 1 is 0.882 bits per heavy atom. The van der Waals surface area contributed by atoms with Gasteiger partial charge in [-0.1, -0.05) is 54.6 Å². The van der Waals surface area contributed by atoms with Gasteiger partial charge in [-0.05, 0) is 42.0 Å². The van der Waals surface area contributed by atoms with Crippen LogP contribution in [0.2, 0.25) is 0 Å². The molecule has 6 heteroatoms. The number of fused-ring (bicyclic) bond motifs is 1. The number of nitrogens with two attached hydrogens (primary N) is 1. The van der Waals surface area contributed by atoms with Gasteiger partial charge in [0.05, 0.1) is 12.2 Å². The predicted octanol–water partition coefficient (Wildman–Crippen LogP) is 5.10. The fraction of sp³-hybridized carbons (Fsp3) is 0.107. The first-order valence-electron chi connectivity index (χ1n) is 10.8. The third-order valence-electron chi connectivity index (χ3n) is 4.72. The van der Waals surface area contributed by atoms with Crippen molar-refractivity contribution in [1.82, 2.24) is 4.98 Å². The van der Waals surface area contributed by atoms with E-state index in [1.54, 1.807) is 54.9 Å². The topological polar surface area (TPSA) is 91.5 Å². The summed E-state index contributed by atoms with van der Waals surface area (Å²) in [6.07, 6.45) is 3.91. The lowest BCUT2D eigenvalue weighted by Crippen LogP contribution is -2.15. The molecule has 0 atom stereocenters. The number of hydrogen-bond donors (Lipinski definition) is 1. The summed E-state index contributed by atoms with van der Waals surface area (Å²) >= 11 is 0. The number of Topliss-reactive ketones (excluding diaryl/α,β-unsaturated/α-hetero) is 1. The van der Waals surface area contributed by atoms with E-state index in [0.29, 0.717) is 42.3 Å². The largest absolute Gasteiger partial charge is 0.492 e. The first-order chi connectivity index (χ1) is 16.6. The molecule has 1 aromatic heterocycles. The molecular weight excluding hydrogens is 428 g/mol. The van der Waals surface area contributed by atoms with Crippen LogP contribution in [-0.4, -0.2) is 23.3 Å². The molecule has 6 nitrogen and oxygen atoms in total. The third-order valence-corrected chi connectivity index (χ3v) is 4.72. The van der Waals surface area contributed by atoms with Crippen molar-refractivity contribution in [1.29, 1.82) is 0 Å². The number of benzene rings is 3. The lowest BCUT2D eigenvalue weighted by molar-refractivity contribution is 0.0932. The van der Waals surface area contributed by atoms with Crippen LogP contribution in [0.4, 0.5) is 0 Å². The van der Waals surface area contributed by atoms with Crippen LogP contribution >= 0.6 is 0 Å². The first-order valence-corrected chi connectivity index (χ1v) is 10.8. The number of nitrogens with zero attached hydrogens (tertiary/aromatic N) is 1. The number of aromatic nitrogens is 1. The summed E-state index contributed by atoms with van der Waals surface area (Å²) in [5.74, 6) is 1.06. The highest BCUT2D eigenvalue weighted by Gasteiger charge is 2.18. The molecule has 0 bridgehead atoms. The minimum Gasteiger partial charge on any atom is -0.492 e. The summed E-state index contributed by atoms with van der Waals surface area (Å²) in [6.45, 7) is 0.912. The van der Waals surface area contributed by atoms with Gasteiger partial charge in [0.15, 0.2) is 5.78 Å². The molecule has 2 N–H and O–H groups in total. The summed E-state index contributed by atoms with van der Waals surface area (Å²) in [5.41, 5.74) is 7.22. The minimum atomic E-state index is -0.379. The molecule has 0 fully saturated rings. The Hall–Kier alpha value is -4.45. The number of primary amides is 1. The Balaban J connectivity index is 0.000000178. The van der Waals surface area contributed by atoms with E-state index < -0.39 is 0 Å². The number of ketones is 1. The Kier molecular flexibility index (Phi) is 9.38. The fourth-order valence-corrected chi connectivity index (χ4v) is 2.96. The summed E-state index contributed by atoms with van der Waals surface area (Å²) in [4.78, 5) is 26.0. The van der Waals surface area contributed by atoms with E-state index in [4.69, 9.17) is 15.2 Å². The van der Waals surface area contributed by atoms with E-state index in [1.165, 1.54) is 0 Å². The maximum atomic E-state index is 11.6. The average molecular weight is 455 g/mol. The SMILES string of the molecule is NC(=O)c1ccccc1.O=C1CCOc2cc(OCc3ccncc3)ccc21.c1ccccc1. The van der Waals surface area contributed by atoms with Gasteiger partial charge in [-0.25, -0.2) is 0 Å². The van der Waals surface area contributed by atoms with Crippen molar-refractivity contribution in [3.63, 3.8) is 0 Å². The zero-order valence-corrected chi connectivity index (χ0v) is 18.7. The molecule has 4 aromatic rings. The van der Waals surface area contributed by atoms with Crippen molar-refractivity contribution in [2.45, 2.75) is 13.0 Å². The summed E-state index contributed by atoms with van der Waals surface area (Å²) in [7, 11) is 0. The van der Waals surface area contributed by atoms with Crippen LogP contribution in [0.1, 0.15) is 32.7 Å². The van der Waals surface area contributed by atoms with Crippen LogP contribution in [0.3, 0.4) is 0 Å². The van der Waals surface area contributed by atoms with Gasteiger partial charge in [-0.2, -0.15) is 0 Å². The molecule has 0 saturated heterocycles. The molecule has 0 aliphatic carbocycles. The van der Waals surface area contributed by atoms with Crippen LogP contribution in [0.15, 0.2) is 109 Å². The molecule has 2 heterocycles. The molecule has 3 aromatic carbocycles. The van der Waals surface area contributed by atoms with Crippen molar-refractivity contribution in [3.8, 4) is 11.5 Å². The van der Waals surface area contributed by atoms with E-state index in [9.17, 15) is 9.59 Å². The second-order valence-corrected chi connectivity index (χ2v) is 7.21. The molecule has 0 radical (unpaired) electrons. The van der Waals surface area contributed by atoms with Crippen LogP contribution < -0.4 is 15.2 Å². The van der Waals surface area contributed by atoms with Gasteiger partial charge in [-0.15, -0.1) is 0 Å². The number of ether oxygens (including phenoxy) is 2. The Morgan fingerprint density at radius 3 is 2.09 bits per heavy atom. The van der Waals surface area contributed by atoms with Crippen LogP contribution in [0.25, 0.3) is 0 Å². The molecule has 1 amide bonds. The van der Waals surface area contributed by atoms with E-state index in [1.807, 2.05) is 54.6 Å². The number of carbonyl (C=O) groups is 2. The van der Waals surface area contributed by atoms with E-state index in [2.05, 4.69) is 4.98 Å². The van der Waals surface area contributed by atoms with Crippen LogP contribution in [0.5, 0.6) is 11.5 Å². The smallest absolute Gasteiger partial charge is 0.248 e. The summed E-state index contributed by atoms with van der Waals surface area (Å²) in [5, 5.41) is 0. The average Bonchev–Trinajstić information content (AvgIpc) is 2.90. The van der Waals surface area contributed by atoms with Gasteiger partial charge >= 0.3 is 0 Å². The molecule has 1 aliphatic heterocycles. The van der Waals surface area contributed by atoms with E-state index >= 15 is 0 Å². The van der Waals surface area contributed by atoms with Gasteiger partial charge < -0.3 is 15.2 Å². The van der Waals surface area contributed by atoms with Crippen molar-refractivity contribution in [3.05, 3.63) is 126 Å². The van der Waals surface area contributed by atoms with Gasteiger partial charge in [0.25, 0.3) is 0 Å². The molecule has 1 aliphatic rings. The molecular formula is C28H26N2O4. The quantitative estimate of drug-likeness (QED) is 0.463. The Bertz CT molecular complexity index is 1140. The number of pyridine rings is 1. The zero-order valence-electron chi connectivity index (χ0n) is 18.7. The molecule has 0 spiro atoms. The van der Waals surface area contributed by atoms with Gasteiger partial charge in [0.2, 0.25) is 5.91 Å². The second-order valence-electron chi connectivity index (χ2n) is 7.21. The molecule has 0 saturated carbocycles. The zero-order chi connectivity index (χ0) is 24.0. The first kappa shape index (κ1) is 24.2.